The van der Waals surface area contributed by atoms with Crippen LogP contribution in [0.2, 0.25) is 0 Å². The SMILES string of the molecule is O=C(C(O)c1cccc(C(F)(F)F)c1)N1CCC(=O)N2C[C@@H](Oc3cnc(C4CC4)cn3)C[C@H]2C1. The monoisotopic (exact) mass is 490 g/mol. The predicted molar refractivity (Wildman–Crippen MR) is 116 cm³/mol. The summed E-state index contributed by atoms with van der Waals surface area (Å²) in [5.41, 5.74) is -0.137. The number of hydrogen-bond donors (Lipinski definition) is 1. The molecule has 3 atom stereocenters. The number of nitrogens with zero attached hydrogens (tertiary/aromatic N) is 4. The van der Waals surface area contributed by atoms with Crippen molar-refractivity contribution >= 4 is 11.8 Å². The van der Waals surface area contributed by atoms with Crippen molar-refractivity contribution in [1.82, 2.24) is 19.8 Å². The average molecular weight is 490 g/mol. The molecule has 1 saturated carbocycles. The van der Waals surface area contributed by atoms with Crippen LogP contribution in [0.1, 0.15) is 54.5 Å². The van der Waals surface area contributed by atoms with E-state index in [0.29, 0.717) is 24.8 Å². The van der Waals surface area contributed by atoms with Crippen molar-refractivity contribution in [3.05, 3.63) is 53.5 Å². The van der Waals surface area contributed by atoms with Crippen LogP contribution in [0.25, 0.3) is 0 Å². The predicted octanol–water partition coefficient (Wildman–Crippen LogP) is 2.69. The first kappa shape index (κ1) is 23.5. The zero-order chi connectivity index (χ0) is 24.7. The molecule has 0 bridgehead atoms. The number of aliphatic hydroxyl groups is 1. The number of amides is 2. The number of carbonyl (C=O) groups is 2. The second kappa shape index (κ2) is 9.10. The Balaban J connectivity index is 1.24. The summed E-state index contributed by atoms with van der Waals surface area (Å²) in [5.74, 6) is -0.0180. The molecule has 1 aromatic heterocycles. The first-order valence-corrected chi connectivity index (χ1v) is 11.6. The molecule has 3 fully saturated rings. The highest BCUT2D eigenvalue weighted by atomic mass is 19.4. The van der Waals surface area contributed by atoms with Gasteiger partial charge in [-0.05, 0) is 30.5 Å². The molecule has 0 spiro atoms. The largest absolute Gasteiger partial charge is 0.471 e. The Hall–Kier alpha value is -3.21. The average Bonchev–Trinajstić information content (AvgIpc) is 3.63. The smallest absolute Gasteiger partial charge is 0.416 e. The molecule has 3 aliphatic rings. The lowest BCUT2D eigenvalue weighted by atomic mass is 10.0. The Labute approximate surface area is 199 Å². The lowest BCUT2D eigenvalue weighted by molar-refractivity contribution is -0.142. The Morgan fingerprint density at radius 3 is 2.66 bits per heavy atom. The molecule has 8 nitrogen and oxygen atoms in total. The van der Waals surface area contributed by atoms with Gasteiger partial charge in [-0.2, -0.15) is 13.2 Å². The number of rotatable bonds is 5. The number of benzene rings is 1. The van der Waals surface area contributed by atoms with Crippen LogP contribution in [0, 0.1) is 0 Å². The van der Waals surface area contributed by atoms with Crippen LogP contribution < -0.4 is 4.74 Å². The summed E-state index contributed by atoms with van der Waals surface area (Å²) in [5, 5.41) is 10.5. The second-order valence-corrected chi connectivity index (χ2v) is 9.29. The van der Waals surface area contributed by atoms with Crippen molar-refractivity contribution in [1.29, 1.82) is 0 Å². The molecule has 2 amide bonds. The molecule has 5 rings (SSSR count). The van der Waals surface area contributed by atoms with Crippen molar-refractivity contribution in [2.45, 2.75) is 56.0 Å². The Morgan fingerprint density at radius 1 is 1.17 bits per heavy atom. The molecule has 35 heavy (non-hydrogen) atoms. The van der Waals surface area contributed by atoms with Crippen LogP contribution in [-0.2, 0) is 15.8 Å². The van der Waals surface area contributed by atoms with E-state index in [1.807, 2.05) is 0 Å². The fourth-order valence-electron chi connectivity index (χ4n) is 4.71. The number of aliphatic hydroxyl groups excluding tert-OH is 1. The van der Waals surface area contributed by atoms with Crippen LogP contribution >= 0.6 is 0 Å². The van der Waals surface area contributed by atoms with E-state index < -0.39 is 23.8 Å². The quantitative estimate of drug-likeness (QED) is 0.693. The zero-order valence-electron chi connectivity index (χ0n) is 18.8. The van der Waals surface area contributed by atoms with E-state index in [2.05, 4.69) is 9.97 Å². The van der Waals surface area contributed by atoms with Gasteiger partial charge in [-0.25, -0.2) is 4.98 Å². The highest BCUT2D eigenvalue weighted by Crippen LogP contribution is 2.38. The van der Waals surface area contributed by atoms with Crippen molar-refractivity contribution in [3.8, 4) is 5.88 Å². The molecule has 1 N–H and O–H groups in total. The third-order valence-corrected chi connectivity index (χ3v) is 6.73. The molecule has 11 heteroatoms. The minimum atomic E-state index is -4.59. The van der Waals surface area contributed by atoms with E-state index in [1.54, 1.807) is 17.3 Å². The standard InChI is InChI=1S/C24H25F3N4O4/c25-24(26,27)16-3-1-2-15(8-16)22(33)23(34)30-7-6-21(32)31-13-18(9-17(31)12-30)35-20-11-28-19(10-29-20)14-4-5-14/h1-3,8,10-11,14,17-18,22,33H,4-7,9,12-13H2/t17-,18-,22?/m0/s1. The van der Waals surface area contributed by atoms with Crippen molar-refractivity contribution in [3.63, 3.8) is 0 Å². The van der Waals surface area contributed by atoms with E-state index in [9.17, 15) is 27.9 Å². The second-order valence-electron chi connectivity index (χ2n) is 9.29. The lowest BCUT2D eigenvalue weighted by Crippen LogP contribution is -2.42. The maximum atomic E-state index is 13.0. The molecule has 0 radical (unpaired) electrons. The first-order valence-electron chi connectivity index (χ1n) is 11.6. The van der Waals surface area contributed by atoms with Crippen LogP contribution in [0.15, 0.2) is 36.7 Å². The third-order valence-electron chi connectivity index (χ3n) is 6.73. The summed E-state index contributed by atoms with van der Waals surface area (Å²) in [4.78, 5) is 37.4. The summed E-state index contributed by atoms with van der Waals surface area (Å²) < 4.78 is 45.1. The van der Waals surface area contributed by atoms with Crippen molar-refractivity contribution in [2.75, 3.05) is 19.6 Å². The molecule has 186 valence electrons. The minimum Gasteiger partial charge on any atom is -0.471 e. The van der Waals surface area contributed by atoms with Crippen LogP contribution in [0.3, 0.4) is 0 Å². The Kier molecular flexibility index (Phi) is 6.12. The van der Waals surface area contributed by atoms with E-state index in [4.69, 9.17) is 4.74 Å². The van der Waals surface area contributed by atoms with Crippen LogP contribution in [0.5, 0.6) is 5.88 Å². The number of hydrogen-bond acceptors (Lipinski definition) is 6. The molecule has 2 aliphatic heterocycles. The number of alkyl halides is 3. The van der Waals surface area contributed by atoms with Gasteiger partial charge in [0.2, 0.25) is 11.8 Å². The molecule has 2 aromatic rings. The van der Waals surface area contributed by atoms with Gasteiger partial charge in [0, 0.05) is 31.8 Å². The summed E-state index contributed by atoms with van der Waals surface area (Å²) >= 11 is 0. The molecule has 2 saturated heterocycles. The highest BCUT2D eigenvalue weighted by molar-refractivity contribution is 5.84. The minimum absolute atomic E-state index is 0.0557. The summed E-state index contributed by atoms with van der Waals surface area (Å²) in [6.07, 6.45) is -0.624. The molecular formula is C24H25F3N4O4. The van der Waals surface area contributed by atoms with Gasteiger partial charge in [-0.15, -0.1) is 0 Å². The topological polar surface area (TPSA) is 95.9 Å². The molecule has 3 heterocycles. The van der Waals surface area contributed by atoms with Gasteiger partial charge in [-0.1, -0.05) is 12.1 Å². The van der Waals surface area contributed by atoms with Crippen molar-refractivity contribution in [2.24, 2.45) is 0 Å². The Bertz CT molecular complexity index is 1110. The third kappa shape index (κ3) is 5.09. The number of fused-ring (bicyclic) bond motifs is 1. The van der Waals surface area contributed by atoms with Crippen molar-refractivity contribution < 1.29 is 32.6 Å². The summed E-state index contributed by atoms with van der Waals surface area (Å²) in [7, 11) is 0. The maximum absolute atomic E-state index is 13.0. The van der Waals surface area contributed by atoms with Gasteiger partial charge < -0.3 is 19.6 Å². The van der Waals surface area contributed by atoms with Gasteiger partial charge in [0.25, 0.3) is 5.91 Å². The summed E-state index contributed by atoms with van der Waals surface area (Å²) in [6, 6.07) is 3.76. The lowest BCUT2D eigenvalue weighted by Gasteiger charge is -2.27. The number of ether oxygens (including phenoxy) is 1. The van der Waals surface area contributed by atoms with Gasteiger partial charge in [0.1, 0.15) is 6.10 Å². The highest BCUT2D eigenvalue weighted by Gasteiger charge is 2.41. The van der Waals surface area contributed by atoms with Gasteiger partial charge >= 0.3 is 6.18 Å². The van der Waals surface area contributed by atoms with Gasteiger partial charge in [-0.3, -0.25) is 14.6 Å². The number of carbonyl (C=O) groups excluding carboxylic acids is 2. The van der Waals surface area contributed by atoms with Gasteiger partial charge in [0.05, 0.1) is 36.2 Å². The van der Waals surface area contributed by atoms with E-state index in [-0.39, 0.29) is 43.1 Å². The normalized spacial score (nSPS) is 23.6. The molecule has 1 unspecified atom stereocenters. The maximum Gasteiger partial charge on any atom is 0.416 e. The number of halogens is 3. The van der Waals surface area contributed by atoms with Crippen LogP contribution in [0.4, 0.5) is 13.2 Å². The number of aromatic nitrogens is 2. The van der Waals surface area contributed by atoms with E-state index >= 15 is 0 Å². The molecule has 1 aliphatic carbocycles. The van der Waals surface area contributed by atoms with Crippen LogP contribution in [-0.4, -0.2) is 68.5 Å². The molecular weight excluding hydrogens is 465 g/mol. The van der Waals surface area contributed by atoms with E-state index in [0.717, 1.165) is 36.7 Å². The summed E-state index contributed by atoms with van der Waals surface area (Å²) in [6.45, 7) is 0.584. The fourth-order valence-corrected chi connectivity index (χ4v) is 4.71. The fraction of sp³-hybridized carbons (Fsp3) is 0.500. The van der Waals surface area contributed by atoms with E-state index in [1.165, 1.54) is 11.0 Å². The first-order chi connectivity index (χ1) is 16.7. The molecule has 1 aromatic carbocycles. The Morgan fingerprint density at radius 2 is 1.97 bits per heavy atom. The zero-order valence-corrected chi connectivity index (χ0v) is 18.8. The van der Waals surface area contributed by atoms with Gasteiger partial charge in [0.15, 0.2) is 6.10 Å².